The largest absolute Gasteiger partial charge is 0.472 e. The number of carbonyl (C=O) groups is 2. The minimum absolute atomic E-state index is 0.0627. The highest BCUT2D eigenvalue weighted by molar-refractivity contribution is 7.89. The molecule has 10 heteroatoms. The lowest BCUT2D eigenvalue weighted by molar-refractivity contribution is -0.133. The number of carbonyl (C=O) groups excluding carboxylic acids is 2. The van der Waals surface area contributed by atoms with E-state index in [-0.39, 0.29) is 18.0 Å². The van der Waals surface area contributed by atoms with E-state index in [2.05, 4.69) is 9.62 Å². The molecule has 2 saturated heterocycles. The molecule has 41 heavy (non-hydrogen) atoms. The van der Waals surface area contributed by atoms with Gasteiger partial charge in [-0.25, -0.2) is 13.1 Å². The molecule has 0 radical (unpaired) electrons. The number of likely N-dealkylation sites (tertiary alicyclic amines) is 2. The summed E-state index contributed by atoms with van der Waals surface area (Å²) in [6, 6.07) is 7.83. The van der Waals surface area contributed by atoms with E-state index >= 15 is 0 Å². The van der Waals surface area contributed by atoms with Crippen LogP contribution in [0.2, 0.25) is 0 Å². The highest BCUT2D eigenvalue weighted by Crippen LogP contribution is 2.44. The molecule has 2 amide bonds. The summed E-state index contributed by atoms with van der Waals surface area (Å²) in [4.78, 5) is 31.3. The number of aromatic nitrogens is 1. The van der Waals surface area contributed by atoms with Crippen LogP contribution in [-0.2, 0) is 21.4 Å². The zero-order valence-electron chi connectivity index (χ0n) is 23.8. The SMILES string of the molecule is CS(=O)(=O)NC(=O)c1ccc2c(C3CCCCC3)c(-c3ccoc3)n(CC(=O)N3CCC(N4CCCC4)CC3)c2c1. The molecule has 6 rings (SSSR count). The second-order valence-electron chi connectivity index (χ2n) is 12.0. The number of furan rings is 1. The van der Waals surface area contributed by atoms with Crippen LogP contribution in [0.5, 0.6) is 0 Å². The molecule has 0 spiro atoms. The Hall–Kier alpha value is -3.11. The van der Waals surface area contributed by atoms with Crippen molar-refractivity contribution in [3.05, 3.63) is 47.9 Å². The third-order valence-corrected chi connectivity index (χ3v) is 9.78. The number of piperidine rings is 1. The minimum Gasteiger partial charge on any atom is -0.472 e. The first-order chi connectivity index (χ1) is 19.8. The summed E-state index contributed by atoms with van der Waals surface area (Å²) in [6.07, 6.45) is 14.5. The number of benzene rings is 1. The quantitative estimate of drug-likeness (QED) is 0.434. The Bertz CT molecular complexity index is 1510. The molecule has 3 fully saturated rings. The van der Waals surface area contributed by atoms with Crippen LogP contribution >= 0.6 is 0 Å². The van der Waals surface area contributed by atoms with Crippen LogP contribution < -0.4 is 4.72 Å². The van der Waals surface area contributed by atoms with Crippen molar-refractivity contribution in [3.8, 4) is 11.3 Å². The molecule has 0 unspecified atom stereocenters. The maximum atomic E-state index is 13.9. The normalized spacial score (nSPS) is 19.7. The first-order valence-electron chi connectivity index (χ1n) is 15.0. The van der Waals surface area contributed by atoms with Crippen LogP contribution in [0.1, 0.15) is 79.6 Å². The summed E-state index contributed by atoms with van der Waals surface area (Å²) in [7, 11) is -3.72. The molecule has 3 aromatic rings. The van der Waals surface area contributed by atoms with Gasteiger partial charge in [0.25, 0.3) is 5.91 Å². The van der Waals surface area contributed by atoms with Gasteiger partial charge in [0.2, 0.25) is 15.9 Å². The summed E-state index contributed by atoms with van der Waals surface area (Å²) in [5.74, 6) is -0.284. The number of nitrogens with zero attached hydrogens (tertiary/aromatic N) is 3. The number of sulfonamides is 1. The lowest BCUT2D eigenvalue weighted by Gasteiger charge is -2.36. The van der Waals surface area contributed by atoms with Gasteiger partial charge in [-0.05, 0) is 81.3 Å². The Morgan fingerprint density at radius 1 is 0.951 bits per heavy atom. The molecule has 3 aliphatic rings. The Morgan fingerprint density at radius 3 is 2.34 bits per heavy atom. The van der Waals surface area contributed by atoms with Crippen LogP contribution in [0.4, 0.5) is 0 Å². The number of nitrogens with one attached hydrogen (secondary N) is 1. The Balaban J connectivity index is 1.38. The molecule has 2 aliphatic heterocycles. The molecule has 1 aliphatic carbocycles. The monoisotopic (exact) mass is 580 g/mol. The Morgan fingerprint density at radius 2 is 1.68 bits per heavy atom. The highest BCUT2D eigenvalue weighted by atomic mass is 32.2. The van der Waals surface area contributed by atoms with E-state index in [1.54, 1.807) is 24.7 Å². The predicted molar refractivity (Wildman–Crippen MR) is 158 cm³/mol. The van der Waals surface area contributed by atoms with Crippen molar-refractivity contribution in [1.29, 1.82) is 0 Å². The lowest BCUT2D eigenvalue weighted by atomic mass is 9.82. The third-order valence-electron chi connectivity index (χ3n) is 9.22. The average Bonchev–Trinajstić information content (AvgIpc) is 3.74. The van der Waals surface area contributed by atoms with Gasteiger partial charge in [-0.1, -0.05) is 25.3 Å². The van der Waals surface area contributed by atoms with Crippen molar-refractivity contribution in [1.82, 2.24) is 19.1 Å². The standard InChI is InChI=1S/C31H40N4O5S/c1-41(38,39)32-31(37)23-9-10-26-27(19-23)35(20-28(36)34-16-11-25(12-17-34)33-14-5-6-15-33)30(24-13-18-40-21-24)29(26)22-7-3-2-4-8-22/h9-10,13,18-19,21-22,25H,2-8,11-12,14-17,20H2,1H3,(H,32,37). The van der Waals surface area contributed by atoms with Crippen LogP contribution in [0.3, 0.4) is 0 Å². The van der Waals surface area contributed by atoms with Gasteiger partial charge in [0.1, 0.15) is 6.54 Å². The fourth-order valence-corrected chi connectivity index (χ4v) is 7.70. The van der Waals surface area contributed by atoms with E-state index < -0.39 is 15.9 Å². The second kappa shape index (κ2) is 11.6. The summed E-state index contributed by atoms with van der Waals surface area (Å²) in [5, 5.41) is 1.00. The van der Waals surface area contributed by atoms with Gasteiger partial charge in [-0.15, -0.1) is 0 Å². The average molecular weight is 581 g/mol. The molecule has 220 valence electrons. The maximum absolute atomic E-state index is 13.9. The fourth-order valence-electron chi connectivity index (χ4n) is 7.25. The van der Waals surface area contributed by atoms with E-state index in [0.29, 0.717) is 12.0 Å². The second-order valence-corrected chi connectivity index (χ2v) is 13.7. The van der Waals surface area contributed by atoms with Gasteiger partial charge >= 0.3 is 0 Å². The van der Waals surface area contributed by atoms with E-state index in [1.807, 2.05) is 21.6 Å². The van der Waals surface area contributed by atoms with E-state index in [9.17, 15) is 18.0 Å². The molecule has 1 saturated carbocycles. The first-order valence-corrected chi connectivity index (χ1v) is 16.9. The number of rotatable bonds is 7. The van der Waals surface area contributed by atoms with Crippen LogP contribution in [0, 0.1) is 0 Å². The molecule has 1 aromatic carbocycles. The summed E-state index contributed by atoms with van der Waals surface area (Å²) < 4.78 is 33.2. The number of hydrogen-bond acceptors (Lipinski definition) is 6. The maximum Gasteiger partial charge on any atom is 0.264 e. The summed E-state index contributed by atoms with van der Waals surface area (Å²) in [6.45, 7) is 3.98. The smallest absolute Gasteiger partial charge is 0.264 e. The third kappa shape index (κ3) is 5.95. The van der Waals surface area contributed by atoms with E-state index in [0.717, 1.165) is 80.0 Å². The summed E-state index contributed by atoms with van der Waals surface area (Å²) >= 11 is 0. The molecule has 0 bridgehead atoms. The number of amides is 2. The van der Waals surface area contributed by atoms with Gasteiger partial charge in [-0.2, -0.15) is 0 Å². The van der Waals surface area contributed by atoms with Gasteiger partial charge in [-0.3, -0.25) is 9.59 Å². The predicted octanol–water partition coefficient (Wildman–Crippen LogP) is 4.73. The molecule has 0 atom stereocenters. The topological polar surface area (TPSA) is 105 Å². The number of hydrogen-bond donors (Lipinski definition) is 1. The fraction of sp³-hybridized carbons (Fsp3) is 0.548. The van der Waals surface area contributed by atoms with Gasteiger partial charge in [0.15, 0.2) is 0 Å². The van der Waals surface area contributed by atoms with Crippen LogP contribution in [0.25, 0.3) is 22.2 Å². The van der Waals surface area contributed by atoms with Crippen molar-refractivity contribution in [2.24, 2.45) is 0 Å². The first kappa shape index (κ1) is 28.0. The van der Waals surface area contributed by atoms with Crippen LogP contribution in [0.15, 0.2) is 41.2 Å². The van der Waals surface area contributed by atoms with Gasteiger partial charge in [0, 0.05) is 35.6 Å². The molecule has 4 heterocycles. The molecular formula is C31H40N4O5S. The molecule has 1 N–H and O–H groups in total. The molecular weight excluding hydrogens is 540 g/mol. The Kier molecular flexibility index (Phi) is 7.96. The number of fused-ring (bicyclic) bond motifs is 1. The van der Waals surface area contributed by atoms with Gasteiger partial charge in [0.05, 0.1) is 30.0 Å². The van der Waals surface area contributed by atoms with E-state index in [4.69, 9.17) is 4.42 Å². The summed E-state index contributed by atoms with van der Waals surface area (Å²) in [5.41, 5.74) is 4.07. The molecule has 9 nitrogen and oxygen atoms in total. The molecule has 2 aromatic heterocycles. The van der Waals surface area contributed by atoms with Crippen molar-refractivity contribution >= 4 is 32.7 Å². The zero-order valence-corrected chi connectivity index (χ0v) is 24.6. The highest BCUT2D eigenvalue weighted by Gasteiger charge is 2.31. The zero-order chi connectivity index (χ0) is 28.6. The van der Waals surface area contributed by atoms with E-state index in [1.165, 1.54) is 37.9 Å². The van der Waals surface area contributed by atoms with Crippen LogP contribution in [-0.4, -0.2) is 73.1 Å². The van der Waals surface area contributed by atoms with Crippen molar-refractivity contribution < 1.29 is 22.4 Å². The van der Waals surface area contributed by atoms with Gasteiger partial charge < -0.3 is 18.8 Å². The van der Waals surface area contributed by atoms with Crippen molar-refractivity contribution in [3.63, 3.8) is 0 Å². The Labute approximate surface area is 241 Å². The van der Waals surface area contributed by atoms with Crippen molar-refractivity contribution in [2.45, 2.75) is 76.3 Å². The minimum atomic E-state index is -3.72. The lowest BCUT2D eigenvalue weighted by Crippen LogP contribution is -2.46. The van der Waals surface area contributed by atoms with Crippen molar-refractivity contribution in [2.75, 3.05) is 32.4 Å².